The number of carbonyl (C=O) groups excluding carboxylic acids is 1. The van der Waals surface area contributed by atoms with Crippen LogP contribution >= 0.6 is 0 Å². The third-order valence-electron chi connectivity index (χ3n) is 2.94. The highest BCUT2D eigenvalue weighted by atomic mass is 16.4. The molecule has 17 heavy (non-hydrogen) atoms. The molecule has 1 aliphatic heterocycles. The Hall–Kier alpha value is -1.92. The maximum atomic E-state index is 11.3. The summed E-state index contributed by atoms with van der Waals surface area (Å²) in [5, 5.41) is 16.0. The SMILES string of the molecule is CC(=O)N1CCCC1Cn1cc(C(=O)O)nn1. The number of aromatic carboxylic acids is 1. The van der Waals surface area contributed by atoms with Gasteiger partial charge in [0, 0.05) is 13.5 Å². The number of hydrogen-bond acceptors (Lipinski definition) is 4. The Bertz CT molecular complexity index is 443. The molecular weight excluding hydrogens is 224 g/mol. The normalized spacial score (nSPS) is 19.6. The van der Waals surface area contributed by atoms with Crippen molar-refractivity contribution >= 4 is 11.9 Å². The van der Waals surface area contributed by atoms with Gasteiger partial charge in [0.05, 0.1) is 18.8 Å². The zero-order valence-corrected chi connectivity index (χ0v) is 9.54. The van der Waals surface area contributed by atoms with Gasteiger partial charge in [0.25, 0.3) is 0 Å². The number of carbonyl (C=O) groups is 2. The molecule has 0 spiro atoms. The van der Waals surface area contributed by atoms with E-state index in [1.54, 1.807) is 11.8 Å². The van der Waals surface area contributed by atoms with Crippen molar-refractivity contribution in [3.8, 4) is 0 Å². The zero-order valence-electron chi connectivity index (χ0n) is 9.54. The Morgan fingerprint density at radius 2 is 2.35 bits per heavy atom. The molecule has 7 nitrogen and oxygen atoms in total. The van der Waals surface area contributed by atoms with E-state index in [2.05, 4.69) is 10.3 Å². The summed E-state index contributed by atoms with van der Waals surface area (Å²) in [7, 11) is 0. The van der Waals surface area contributed by atoms with Crippen molar-refractivity contribution < 1.29 is 14.7 Å². The average molecular weight is 238 g/mol. The molecule has 1 atom stereocenters. The highest BCUT2D eigenvalue weighted by Gasteiger charge is 2.27. The molecule has 7 heteroatoms. The van der Waals surface area contributed by atoms with Crippen LogP contribution in [0.25, 0.3) is 0 Å². The van der Waals surface area contributed by atoms with Crippen LogP contribution in [0.1, 0.15) is 30.3 Å². The first-order valence-electron chi connectivity index (χ1n) is 5.48. The predicted octanol–water partition coefficient (Wildman–Crippen LogP) is -0.0128. The largest absolute Gasteiger partial charge is 0.476 e. The molecule has 1 aromatic rings. The summed E-state index contributed by atoms with van der Waals surface area (Å²) in [4.78, 5) is 23.8. The van der Waals surface area contributed by atoms with Gasteiger partial charge in [-0.3, -0.25) is 4.79 Å². The lowest BCUT2D eigenvalue weighted by Gasteiger charge is -2.22. The second kappa shape index (κ2) is 4.52. The molecule has 0 aromatic carbocycles. The van der Waals surface area contributed by atoms with Crippen LogP contribution in [-0.2, 0) is 11.3 Å². The molecule has 0 saturated carbocycles. The van der Waals surface area contributed by atoms with Crippen LogP contribution in [0.2, 0.25) is 0 Å². The first kappa shape index (κ1) is 11.6. The van der Waals surface area contributed by atoms with E-state index in [0.717, 1.165) is 19.4 Å². The fourth-order valence-corrected chi connectivity index (χ4v) is 2.14. The summed E-state index contributed by atoms with van der Waals surface area (Å²) < 4.78 is 1.48. The van der Waals surface area contributed by atoms with Crippen LogP contribution < -0.4 is 0 Å². The lowest BCUT2D eigenvalue weighted by molar-refractivity contribution is -0.129. The first-order chi connectivity index (χ1) is 8.08. The van der Waals surface area contributed by atoms with E-state index >= 15 is 0 Å². The Balaban J connectivity index is 2.04. The summed E-state index contributed by atoms with van der Waals surface area (Å²) in [6.07, 6.45) is 3.28. The smallest absolute Gasteiger partial charge is 0.358 e. The van der Waals surface area contributed by atoms with Gasteiger partial charge < -0.3 is 10.0 Å². The lowest BCUT2D eigenvalue weighted by atomic mass is 10.2. The maximum absolute atomic E-state index is 11.3. The zero-order chi connectivity index (χ0) is 12.4. The molecule has 0 radical (unpaired) electrons. The van der Waals surface area contributed by atoms with Crippen LogP contribution in [0.4, 0.5) is 0 Å². The Morgan fingerprint density at radius 1 is 1.59 bits per heavy atom. The van der Waals surface area contributed by atoms with E-state index in [1.807, 2.05) is 0 Å². The Kier molecular flexibility index (Phi) is 3.08. The van der Waals surface area contributed by atoms with Crippen molar-refractivity contribution in [3.63, 3.8) is 0 Å². The summed E-state index contributed by atoms with van der Waals surface area (Å²) in [6, 6.07) is 0.0934. The van der Waals surface area contributed by atoms with E-state index in [9.17, 15) is 9.59 Å². The third-order valence-corrected chi connectivity index (χ3v) is 2.94. The lowest BCUT2D eigenvalue weighted by Crippen LogP contribution is -2.36. The molecule has 1 N–H and O–H groups in total. The minimum Gasteiger partial charge on any atom is -0.476 e. The number of carboxylic acids is 1. The van der Waals surface area contributed by atoms with Crippen LogP contribution in [0.3, 0.4) is 0 Å². The fraction of sp³-hybridized carbons (Fsp3) is 0.600. The summed E-state index contributed by atoms with van der Waals surface area (Å²) in [6.45, 7) is 2.81. The molecule has 0 bridgehead atoms. The fourth-order valence-electron chi connectivity index (χ4n) is 2.14. The van der Waals surface area contributed by atoms with Gasteiger partial charge in [0.15, 0.2) is 5.69 Å². The average Bonchev–Trinajstić information content (AvgIpc) is 2.86. The molecule has 2 heterocycles. The highest BCUT2D eigenvalue weighted by molar-refractivity contribution is 5.84. The van der Waals surface area contributed by atoms with Crippen molar-refractivity contribution in [2.75, 3.05) is 6.54 Å². The van der Waals surface area contributed by atoms with E-state index in [-0.39, 0.29) is 17.6 Å². The van der Waals surface area contributed by atoms with Crippen molar-refractivity contribution in [2.24, 2.45) is 0 Å². The number of likely N-dealkylation sites (tertiary alicyclic amines) is 1. The van der Waals surface area contributed by atoms with Crippen molar-refractivity contribution in [1.82, 2.24) is 19.9 Å². The number of carboxylic acid groups (broad SMARTS) is 1. The topological polar surface area (TPSA) is 88.3 Å². The summed E-state index contributed by atoms with van der Waals surface area (Å²) in [5.41, 5.74) is -0.0719. The third kappa shape index (κ3) is 2.43. The standard InChI is InChI=1S/C10H14N4O3/c1-7(15)14-4-2-3-8(14)5-13-6-9(10(16)17)11-12-13/h6,8H,2-5H2,1H3,(H,16,17). The van der Waals surface area contributed by atoms with Crippen molar-refractivity contribution in [3.05, 3.63) is 11.9 Å². The highest BCUT2D eigenvalue weighted by Crippen LogP contribution is 2.18. The molecular formula is C10H14N4O3. The maximum Gasteiger partial charge on any atom is 0.358 e. The number of nitrogens with zero attached hydrogens (tertiary/aromatic N) is 4. The monoisotopic (exact) mass is 238 g/mol. The molecule has 1 aliphatic rings. The molecule has 1 amide bonds. The summed E-state index contributed by atoms with van der Waals surface area (Å²) in [5.74, 6) is -1.04. The molecule has 1 saturated heterocycles. The van der Waals surface area contributed by atoms with Gasteiger partial charge in [-0.2, -0.15) is 0 Å². The molecule has 2 rings (SSSR count). The molecule has 92 valence electrons. The number of rotatable bonds is 3. The van der Waals surface area contributed by atoms with Crippen LogP contribution in [0.5, 0.6) is 0 Å². The number of aromatic nitrogens is 3. The minimum absolute atomic E-state index is 0.0473. The van der Waals surface area contributed by atoms with Gasteiger partial charge in [-0.05, 0) is 12.8 Å². The number of hydrogen-bond donors (Lipinski definition) is 1. The summed E-state index contributed by atoms with van der Waals surface area (Å²) >= 11 is 0. The minimum atomic E-state index is -1.09. The van der Waals surface area contributed by atoms with Crippen LogP contribution in [-0.4, -0.2) is 49.5 Å². The van der Waals surface area contributed by atoms with Gasteiger partial charge >= 0.3 is 5.97 Å². The van der Waals surface area contributed by atoms with E-state index < -0.39 is 5.97 Å². The van der Waals surface area contributed by atoms with Gasteiger partial charge in [-0.1, -0.05) is 5.21 Å². The van der Waals surface area contributed by atoms with Crippen molar-refractivity contribution in [1.29, 1.82) is 0 Å². The van der Waals surface area contributed by atoms with E-state index in [1.165, 1.54) is 10.9 Å². The van der Waals surface area contributed by atoms with E-state index in [0.29, 0.717) is 6.54 Å². The predicted molar refractivity (Wildman–Crippen MR) is 57.4 cm³/mol. The van der Waals surface area contributed by atoms with Gasteiger partial charge in [0.1, 0.15) is 0 Å². The van der Waals surface area contributed by atoms with Gasteiger partial charge in [-0.25, -0.2) is 9.48 Å². The first-order valence-corrected chi connectivity index (χ1v) is 5.48. The molecule has 1 aromatic heterocycles. The van der Waals surface area contributed by atoms with Gasteiger partial charge in [0.2, 0.25) is 5.91 Å². The Morgan fingerprint density at radius 3 is 2.94 bits per heavy atom. The molecule has 1 fully saturated rings. The van der Waals surface area contributed by atoms with Crippen LogP contribution in [0, 0.1) is 0 Å². The quantitative estimate of drug-likeness (QED) is 0.799. The second-order valence-electron chi connectivity index (χ2n) is 4.14. The van der Waals surface area contributed by atoms with Gasteiger partial charge in [-0.15, -0.1) is 5.10 Å². The van der Waals surface area contributed by atoms with E-state index in [4.69, 9.17) is 5.11 Å². The molecule has 0 aliphatic carbocycles. The Labute approximate surface area is 98.0 Å². The molecule has 1 unspecified atom stereocenters. The second-order valence-corrected chi connectivity index (χ2v) is 4.14. The number of amides is 1. The van der Waals surface area contributed by atoms with Crippen molar-refractivity contribution in [2.45, 2.75) is 32.4 Å². The van der Waals surface area contributed by atoms with Crippen LogP contribution in [0.15, 0.2) is 6.20 Å².